The third-order valence-electron chi connectivity index (χ3n) is 2.37. The predicted molar refractivity (Wildman–Crippen MR) is 69.6 cm³/mol. The standard InChI is InChI=1S/C12H10Cl2N2/c1-2-10(15)11-9(14)4-3-7-5-8(13)6-16-12(7)11/h2-6H,15H2,1H3. The van der Waals surface area contributed by atoms with Gasteiger partial charge in [-0.05, 0) is 19.1 Å². The zero-order valence-electron chi connectivity index (χ0n) is 8.67. The maximum absolute atomic E-state index is 6.12. The molecule has 0 aliphatic heterocycles. The van der Waals surface area contributed by atoms with Gasteiger partial charge in [0.1, 0.15) is 0 Å². The second-order valence-corrected chi connectivity index (χ2v) is 4.24. The van der Waals surface area contributed by atoms with Gasteiger partial charge in [-0.1, -0.05) is 35.3 Å². The van der Waals surface area contributed by atoms with Crippen molar-refractivity contribution in [2.75, 3.05) is 0 Å². The first-order valence-corrected chi connectivity index (χ1v) is 5.55. The summed E-state index contributed by atoms with van der Waals surface area (Å²) in [7, 11) is 0. The number of allylic oxidation sites excluding steroid dienone is 1. The quantitative estimate of drug-likeness (QED) is 0.838. The number of benzene rings is 1. The monoisotopic (exact) mass is 252 g/mol. The lowest BCUT2D eigenvalue weighted by Gasteiger charge is -2.08. The van der Waals surface area contributed by atoms with E-state index in [-0.39, 0.29) is 0 Å². The highest BCUT2D eigenvalue weighted by molar-refractivity contribution is 6.34. The highest BCUT2D eigenvalue weighted by Gasteiger charge is 2.09. The van der Waals surface area contributed by atoms with Crippen LogP contribution in [0.4, 0.5) is 0 Å². The lowest BCUT2D eigenvalue weighted by atomic mass is 10.1. The number of pyridine rings is 1. The number of hydrogen-bond donors (Lipinski definition) is 1. The van der Waals surface area contributed by atoms with E-state index in [1.54, 1.807) is 18.3 Å². The van der Waals surface area contributed by atoms with Crippen molar-refractivity contribution in [3.63, 3.8) is 0 Å². The molecule has 4 heteroatoms. The van der Waals surface area contributed by atoms with Crippen molar-refractivity contribution < 1.29 is 0 Å². The maximum Gasteiger partial charge on any atom is 0.0811 e. The van der Waals surface area contributed by atoms with Crippen molar-refractivity contribution in [2.24, 2.45) is 5.73 Å². The summed E-state index contributed by atoms with van der Waals surface area (Å²) in [6.07, 6.45) is 3.39. The van der Waals surface area contributed by atoms with E-state index in [1.165, 1.54) is 0 Å². The molecule has 0 radical (unpaired) electrons. The number of aromatic nitrogens is 1. The highest BCUT2D eigenvalue weighted by atomic mass is 35.5. The molecule has 0 saturated heterocycles. The molecule has 2 N–H and O–H groups in total. The van der Waals surface area contributed by atoms with E-state index in [4.69, 9.17) is 28.9 Å². The second kappa shape index (κ2) is 4.32. The van der Waals surface area contributed by atoms with Gasteiger partial charge in [-0.3, -0.25) is 4.98 Å². The molecule has 0 bridgehead atoms. The van der Waals surface area contributed by atoms with Gasteiger partial charge in [0.15, 0.2) is 0 Å². The summed E-state index contributed by atoms with van der Waals surface area (Å²) in [5.41, 5.74) is 8.05. The Labute approximate surface area is 104 Å². The fourth-order valence-electron chi connectivity index (χ4n) is 1.57. The number of rotatable bonds is 1. The molecule has 0 aliphatic carbocycles. The van der Waals surface area contributed by atoms with E-state index in [2.05, 4.69) is 4.98 Å². The minimum absolute atomic E-state index is 0.595. The molecule has 0 spiro atoms. The summed E-state index contributed by atoms with van der Waals surface area (Å²) in [6.45, 7) is 1.86. The van der Waals surface area contributed by atoms with Crippen LogP contribution in [0, 0.1) is 0 Å². The summed E-state index contributed by atoms with van der Waals surface area (Å²) in [5.74, 6) is 0. The van der Waals surface area contributed by atoms with Crippen molar-refractivity contribution in [3.05, 3.63) is 46.1 Å². The van der Waals surface area contributed by atoms with E-state index in [0.29, 0.717) is 15.7 Å². The SMILES string of the molecule is CC=C(N)c1c(Cl)ccc2cc(Cl)cnc12. The van der Waals surface area contributed by atoms with Crippen molar-refractivity contribution in [3.8, 4) is 0 Å². The van der Waals surface area contributed by atoms with E-state index in [0.717, 1.165) is 16.5 Å². The maximum atomic E-state index is 6.12. The van der Waals surface area contributed by atoms with Gasteiger partial charge in [0, 0.05) is 22.8 Å². The average Bonchev–Trinajstić information content (AvgIpc) is 2.28. The first-order chi connectivity index (χ1) is 7.63. The molecule has 0 saturated carbocycles. The molecule has 1 aromatic heterocycles. The van der Waals surface area contributed by atoms with Crippen molar-refractivity contribution >= 4 is 39.8 Å². The molecule has 0 amide bonds. The fourth-order valence-corrected chi connectivity index (χ4v) is 2.00. The minimum Gasteiger partial charge on any atom is -0.398 e. The van der Waals surface area contributed by atoms with Gasteiger partial charge in [0.25, 0.3) is 0 Å². The van der Waals surface area contributed by atoms with Crippen LogP contribution in [-0.2, 0) is 0 Å². The van der Waals surface area contributed by atoms with Crippen LogP contribution in [0.25, 0.3) is 16.6 Å². The Morgan fingerprint density at radius 1 is 1.38 bits per heavy atom. The molecule has 2 rings (SSSR count). The van der Waals surface area contributed by atoms with Crippen LogP contribution in [0.2, 0.25) is 10.0 Å². The normalized spacial score (nSPS) is 12.1. The third-order valence-corrected chi connectivity index (χ3v) is 2.89. The first kappa shape index (κ1) is 11.2. The van der Waals surface area contributed by atoms with E-state index >= 15 is 0 Å². The molecule has 0 unspecified atom stereocenters. The van der Waals surface area contributed by atoms with E-state index < -0.39 is 0 Å². The number of halogens is 2. The summed E-state index contributed by atoms with van der Waals surface area (Å²) >= 11 is 12.0. The van der Waals surface area contributed by atoms with Gasteiger partial charge in [-0.25, -0.2) is 0 Å². The van der Waals surface area contributed by atoms with Crippen LogP contribution in [0.15, 0.2) is 30.5 Å². The molecular weight excluding hydrogens is 243 g/mol. The Morgan fingerprint density at radius 3 is 2.81 bits per heavy atom. The number of nitrogens with two attached hydrogens (primary N) is 1. The van der Waals surface area contributed by atoms with Crippen molar-refractivity contribution in [2.45, 2.75) is 6.92 Å². The van der Waals surface area contributed by atoms with Crippen LogP contribution in [0.1, 0.15) is 12.5 Å². The molecule has 82 valence electrons. The fraction of sp³-hybridized carbons (Fsp3) is 0.0833. The molecule has 2 nitrogen and oxygen atoms in total. The van der Waals surface area contributed by atoms with Gasteiger partial charge >= 0.3 is 0 Å². The third kappa shape index (κ3) is 1.86. The Hall–Kier alpha value is -1.25. The number of hydrogen-bond acceptors (Lipinski definition) is 2. The number of nitrogens with zero attached hydrogens (tertiary/aromatic N) is 1. The zero-order chi connectivity index (χ0) is 11.7. The first-order valence-electron chi connectivity index (χ1n) is 4.79. The van der Waals surface area contributed by atoms with Crippen LogP contribution in [0.5, 0.6) is 0 Å². The van der Waals surface area contributed by atoms with Crippen molar-refractivity contribution in [1.82, 2.24) is 4.98 Å². The Balaban J connectivity index is 2.85. The van der Waals surface area contributed by atoms with Gasteiger partial charge in [0.05, 0.1) is 15.6 Å². The Bertz CT molecular complexity index is 576. The lowest BCUT2D eigenvalue weighted by Crippen LogP contribution is -1.99. The smallest absolute Gasteiger partial charge is 0.0811 e. The van der Waals surface area contributed by atoms with Gasteiger partial charge in [-0.2, -0.15) is 0 Å². The van der Waals surface area contributed by atoms with Gasteiger partial charge < -0.3 is 5.73 Å². The Kier molecular flexibility index (Phi) is 3.03. The van der Waals surface area contributed by atoms with Crippen LogP contribution < -0.4 is 5.73 Å². The molecule has 0 fully saturated rings. The molecule has 1 heterocycles. The molecule has 1 aromatic carbocycles. The van der Waals surface area contributed by atoms with Crippen molar-refractivity contribution in [1.29, 1.82) is 0 Å². The zero-order valence-corrected chi connectivity index (χ0v) is 10.2. The van der Waals surface area contributed by atoms with E-state index in [9.17, 15) is 0 Å². The van der Waals surface area contributed by atoms with E-state index in [1.807, 2.05) is 19.1 Å². The largest absolute Gasteiger partial charge is 0.398 e. The van der Waals surface area contributed by atoms with Crippen LogP contribution >= 0.6 is 23.2 Å². The Morgan fingerprint density at radius 2 is 2.12 bits per heavy atom. The predicted octanol–water partition coefficient (Wildman–Crippen LogP) is 3.86. The summed E-state index contributed by atoms with van der Waals surface area (Å²) in [5, 5.41) is 2.12. The molecule has 0 aliphatic rings. The van der Waals surface area contributed by atoms with Gasteiger partial charge in [0.2, 0.25) is 0 Å². The number of fused-ring (bicyclic) bond motifs is 1. The molecular formula is C12H10Cl2N2. The summed E-state index contributed by atoms with van der Waals surface area (Å²) in [6, 6.07) is 5.52. The highest BCUT2D eigenvalue weighted by Crippen LogP contribution is 2.29. The minimum atomic E-state index is 0.595. The topological polar surface area (TPSA) is 38.9 Å². The van der Waals surface area contributed by atoms with Crippen LogP contribution in [-0.4, -0.2) is 4.98 Å². The molecule has 2 aromatic rings. The molecule has 16 heavy (non-hydrogen) atoms. The second-order valence-electron chi connectivity index (χ2n) is 3.39. The lowest BCUT2D eigenvalue weighted by molar-refractivity contribution is 1.38. The molecule has 0 atom stereocenters. The summed E-state index contributed by atoms with van der Waals surface area (Å²) in [4.78, 5) is 4.27. The average molecular weight is 253 g/mol. The van der Waals surface area contributed by atoms with Crippen LogP contribution in [0.3, 0.4) is 0 Å². The summed E-state index contributed by atoms with van der Waals surface area (Å²) < 4.78 is 0. The van der Waals surface area contributed by atoms with Gasteiger partial charge in [-0.15, -0.1) is 0 Å².